The first-order valence-electron chi connectivity index (χ1n) is 6.41. The number of hydrogen-bond donors (Lipinski definition) is 3. The summed E-state index contributed by atoms with van der Waals surface area (Å²) in [7, 11) is 0. The highest BCUT2D eigenvalue weighted by Crippen LogP contribution is 2.28. The summed E-state index contributed by atoms with van der Waals surface area (Å²) in [4.78, 5) is 12.2. The van der Waals surface area contributed by atoms with E-state index in [1.807, 2.05) is 30.3 Å². The Morgan fingerprint density at radius 2 is 1.94 bits per heavy atom. The van der Waals surface area contributed by atoms with Gasteiger partial charge in [0.2, 0.25) is 5.91 Å². The largest absolute Gasteiger partial charge is 0.394 e. The Hall–Kier alpha value is -1.39. The fraction of sp³-hybridized carbons (Fsp3) is 0.500. The first kappa shape index (κ1) is 13.1. The minimum atomic E-state index is -0.748. The monoisotopic (exact) mass is 248 g/mol. The van der Waals surface area contributed by atoms with E-state index in [0.717, 1.165) is 31.2 Å². The number of nitrogens with two attached hydrogens (primary N) is 1. The van der Waals surface area contributed by atoms with E-state index in [1.54, 1.807) is 0 Å². The smallest absolute Gasteiger partial charge is 0.240 e. The van der Waals surface area contributed by atoms with Gasteiger partial charge in [-0.1, -0.05) is 43.2 Å². The van der Waals surface area contributed by atoms with Gasteiger partial charge in [-0.15, -0.1) is 0 Å². The molecule has 0 aliphatic heterocycles. The van der Waals surface area contributed by atoms with Crippen molar-refractivity contribution in [3.05, 3.63) is 35.9 Å². The van der Waals surface area contributed by atoms with Gasteiger partial charge in [-0.2, -0.15) is 0 Å². The predicted molar refractivity (Wildman–Crippen MR) is 69.8 cm³/mol. The summed E-state index contributed by atoms with van der Waals surface area (Å²) >= 11 is 0. The highest BCUT2D eigenvalue weighted by Gasteiger charge is 2.37. The van der Waals surface area contributed by atoms with Crippen LogP contribution < -0.4 is 11.1 Å². The van der Waals surface area contributed by atoms with E-state index in [9.17, 15) is 9.90 Å². The molecule has 1 atom stereocenters. The maximum atomic E-state index is 12.2. The fourth-order valence-electron chi connectivity index (χ4n) is 2.45. The Morgan fingerprint density at radius 1 is 1.33 bits per heavy atom. The molecule has 1 saturated carbocycles. The molecule has 0 bridgehead atoms. The van der Waals surface area contributed by atoms with Crippen LogP contribution in [-0.2, 0) is 4.79 Å². The van der Waals surface area contributed by atoms with Crippen molar-refractivity contribution in [3.63, 3.8) is 0 Å². The van der Waals surface area contributed by atoms with Crippen molar-refractivity contribution in [2.24, 2.45) is 5.73 Å². The number of aliphatic hydroxyl groups excluding tert-OH is 1. The molecule has 0 radical (unpaired) electrons. The number of hydrogen-bond acceptors (Lipinski definition) is 3. The fourth-order valence-corrected chi connectivity index (χ4v) is 2.45. The zero-order valence-corrected chi connectivity index (χ0v) is 10.4. The minimum absolute atomic E-state index is 0.119. The zero-order chi connectivity index (χ0) is 13.0. The van der Waals surface area contributed by atoms with E-state index in [-0.39, 0.29) is 18.6 Å². The van der Waals surface area contributed by atoms with Crippen molar-refractivity contribution in [1.82, 2.24) is 5.32 Å². The van der Waals surface area contributed by atoms with Gasteiger partial charge in [0, 0.05) is 0 Å². The van der Waals surface area contributed by atoms with E-state index in [0.29, 0.717) is 0 Å². The molecule has 98 valence electrons. The van der Waals surface area contributed by atoms with Gasteiger partial charge in [0.25, 0.3) is 0 Å². The Labute approximate surface area is 107 Å². The first-order chi connectivity index (χ1) is 8.65. The molecule has 0 saturated heterocycles. The van der Waals surface area contributed by atoms with E-state index in [4.69, 9.17) is 5.73 Å². The zero-order valence-electron chi connectivity index (χ0n) is 10.4. The van der Waals surface area contributed by atoms with E-state index < -0.39 is 5.54 Å². The van der Waals surface area contributed by atoms with Crippen molar-refractivity contribution in [2.45, 2.75) is 37.3 Å². The molecule has 2 rings (SSSR count). The van der Waals surface area contributed by atoms with Crippen LogP contribution in [0.25, 0.3) is 0 Å². The summed E-state index contributed by atoms with van der Waals surface area (Å²) in [5.74, 6) is -0.150. The Morgan fingerprint density at radius 3 is 2.50 bits per heavy atom. The Bertz CT molecular complexity index is 400. The molecule has 1 aliphatic carbocycles. The average molecular weight is 248 g/mol. The lowest BCUT2D eigenvalue weighted by molar-refractivity contribution is -0.127. The number of nitrogens with one attached hydrogen (secondary N) is 1. The molecule has 1 amide bonds. The number of amides is 1. The van der Waals surface area contributed by atoms with Crippen LogP contribution >= 0.6 is 0 Å². The molecule has 1 fully saturated rings. The van der Waals surface area contributed by atoms with Crippen LogP contribution in [0.5, 0.6) is 0 Å². The molecule has 1 aromatic carbocycles. The highest BCUT2D eigenvalue weighted by molar-refractivity contribution is 5.86. The van der Waals surface area contributed by atoms with E-state index in [2.05, 4.69) is 5.32 Å². The van der Waals surface area contributed by atoms with Gasteiger partial charge in [0.15, 0.2) is 0 Å². The number of carbonyl (C=O) groups excluding carboxylic acids is 1. The molecule has 18 heavy (non-hydrogen) atoms. The van der Waals surface area contributed by atoms with Gasteiger partial charge in [0.1, 0.15) is 0 Å². The second-order valence-electron chi connectivity index (χ2n) is 4.98. The van der Waals surface area contributed by atoms with E-state index >= 15 is 0 Å². The summed E-state index contributed by atoms with van der Waals surface area (Å²) in [5.41, 5.74) is 6.24. The topological polar surface area (TPSA) is 75.4 Å². The lowest BCUT2D eigenvalue weighted by Gasteiger charge is -2.26. The van der Waals surface area contributed by atoms with Crippen molar-refractivity contribution in [1.29, 1.82) is 0 Å². The molecule has 4 heteroatoms. The lowest BCUT2D eigenvalue weighted by Crippen LogP contribution is -2.53. The standard InChI is InChI=1S/C14H20N2O2/c15-14(8-4-5-9-14)13(18)16-12(10-17)11-6-2-1-3-7-11/h1-3,6-7,12,17H,4-5,8-10,15H2,(H,16,18)/t12-/m1/s1. The van der Waals surface area contributed by atoms with Crippen molar-refractivity contribution in [3.8, 4) is 0 Å². The second-order valence-corrected chi connectivity index (χ2v) is 4.98. The van der Waals surface area contributed by atoms with Crippen LogP contribution in [0.3, 0.4) is 0 Å². The number of benzene rings is 1. The molecule has 4 N–H and O–H groups in total. The molecule has 4 nitrogen and oxygen atoms in total. The van der Waals surface area contributed by atoms with Crippen LogP contribution in [0.2, 0.25) is 0 Å². The summed E-state index contributed by atoms with van der Waals surface area (Å²) < 4.78 is 0. The van der Waals surface area contributed by atoms with Gasteiger partial charge >= 0.3 is 0 Å². The average Bonchev–Trinajstić information content (AvgIpc) is 2.85. The van der Waals surface area contributed by atoms with Gasteiger partial charge in [-0.05, 0) is 18.4 Å². The van der Waals surface area contributed by atoms with Crippen LogP contribution in [-0.4, -0.2) is 23.2 Å². The maximum absolute atomic E-state index is 12.2. The first-order valence-corrected chi connectivity index (χ1v) is 6.41. The normalized spacial score (nSPS) is 19.4. The predicted octanol–water partition coefficient (Wildman–Crippen LogP) is 1.11. The summed E-state index contributed by atoms with van der Waals surface area (Å²) in [5, 5.41) is 12.3. The van der Waals surface area contributed by atoms with Crippen molar-refractivity contribution in [2.75, 3.05) is 6.61 Å². The molecule has 0 unspecified atom stereocenters. The summed E-state index contributed by atoms with van der Waals surface area (Å²) in [6, 6.07) is 9.08. The maximum Gasteiger partial charge on any atom is 0.240 e. The van der Waals surface area contributed by atoms with Crippen molar-refractivity contribution >= 4 is 5.91 Å². The third-order valence-corrected chi connectivity index (χ3v) is 3.64. The van der Waals surface area contributed by atoms with Crippen LogP contribution in [0, 0.1) is 0 Å². The van der Waals surface area contributed by atoms with Gasteiger partial charge in [-0.25, -0.2) is 0 Å². The van der Waals surface area contributed by atoms with Gasteiger partial charge in [0.05, 0.1) is 18.2 Å². The Kier molecular flexibility index (Phi) is 3.99. The minimum Gasteiger partial charge on any atom is -0.394 e. The third-order valence-electron chi connectivity index (χ3n) is 3.64. The molecule has 1 aliphatic rings. The van der Waals surface area contributed by atoms with Crippen molar-refractivity contribution < 1.29 is 9.90 Å². The van der Waals surface area contributed by atoms with Crippen LogP contribution in [0.4, 0.5) is 0 Å². The molecular weight excluding hydrogens is 228 g/mol. The summed E-state index contributed by atoms with van der Waals surface area (Å²) in [6.45, 7) is -0.119. The molecule has 1 aromatic rings. The molecular formula is C14H20N2O2. The molecule has 0 heterocycles. The lowest BCUT2D eigenvalue weighted by atomic mass is 9.97. The van der Waals surface area contributed by atoms with Gasteiger partial charge in [-0.3, -0.25) is 4.79 Å². The van der Waals surface area contributed by atoms with Gasteiger partial charge < -0.3 is 16.2 Å². The molecule has 0 aromatic heterocycles. The SMILES string of the molecule is NC1(C(=O)N[C@H](CO)c2ccccc2)CCCC1. The number of carbonyl (C=O) groups is 1. The van der Waals surface area contributed by atoms with Crippen LogP contribution in [0.1, 0.15) is 37.3 Å². The van der Waals surface area contributed by atoms with E-state index in [1.165, 1.54) is 0 Å². The second kappa shape index (κ2) is 5.50. The Balaban J connectivity index is 2.05. The quantitative estimate of drug-likeness (QED) is 0.747. The number of aliphatic hydroxyl groups is 1. The third kappa shape index (κ3) is 2.71. The van der Waals surface area contributed by atoms with Crippen LogP contribution in [0.15, 0.2) is 30.3 Å². The number of rotatable bonds is 4. The highest BCUT2D eigenvalue weighted by atomic mass is 16.3. The summed E-state index contributed by atoms with van der Waals surface area (Å²) in [6.07, 6.45) is 3.45. The molecule has 0 spiro atoms.